The van der Waals surface area contributed by atoms with E-state index >= 15 is 0 Å². The molecule has 0 unspecified atom stereocenters. The van der Waals surface area contributed by atoms with E-state index in [2.05, 4.69) is 5.32 Å². The Kier molecular flexibility index (Phi) is 4.10. The number of aryl methyl sites for hydroxylation is 1. The van der Waals surface area contributed by atoms with Crippen LogP contribution in [0.25, 0.3) is 0 Å². The van der Waals surface area contributed by atoms with E-state index in [9.17, 15) is 13.2 Å². The van der Waals surface area contributed by atoms with Crippen molar-refractivity contribution in [1.29, 1.82) is 0 Å². The highest BCUT2D eigenvalue weighted by Crippen LogP contribution is 2.45. The number of benzene rings is 1. The number of nitrogens with one attached hydrogen (secondary N) is 1. The quantitative estimate of drug-likeness (QED) is 0.846. The van der Waals surface area contributed by atoms with Gasteiger partial charge in [-0.1, -0.05) is 6.07 Å². The summed E-state index contributed by atoms with van der Waals surface area (Å²) in [7, 11) is -0.573. The van der Waals surface area contributed by atoms with Crippen LogP contribution in [0.5, 0.6) is 0 Å². The summed E-state index contributed by atoms with van der Waals surface area (Å²) >= 11 is 0. The minimum Gasteiger partial charge on any atom is -0.329 e. The number of hydrogen-bond acceptors (Lipinski definition) is 4. The molecule has 0 atom stereocenters. The van der Waals surface area contributed by atoms with Gasteiger partial charge in [0.15, 0.2) is 0 Å². The van der Waals surface area contributed by atoms with Crippen LogP contribution in [0, 0.1) is 12.3 Å². The second-order valence-corrected chi connectivity index (χ2v) is 7.85. The zero-order valence-corrected chi connectivity index (χ0v) is 13.3. The highest BCUT2D eigenvalue weighted by molar-refractivity contribution is 7.89. The van der Waals surface area contributed by atoms with E-state index in [1.807, 2.05) is 6.92 Å². The summed E-state index contributed by atoms with van der Waals surface area (Å²) < 4.78 is 25.4. The van der Waals surface area contributed by atoms with Crippen LogP contribution in [0.1, 0.15) is 18.4 Å². The standard InChI is InChI=1S/C14H21N3O3S/c1-10-4-5-11(21(19,20)17(2)3)8-12(10)16-13(18)14(9-15)6-7-14/h4-5,8H,6-7,9,15H2,1-3H3,(H,16,18). The summed E-state index contributed by atoms with van der Waals surface area (Å²) in [6.45, 7) is 2.14. The minimum atomic E-state index is -3.52. The van der Waals surface area contributed by atoms with Crippen molar-refractivity contribution in [2.45, 2.75) is 24.7 Å². The van der Waals surface area contributed by atoms with Gasteiger partial charge in [0.2, 0.25) is 15.9 Å². The lowest BCUT2D eigenvalue weighted by Gasteiger charge is -2.17. The highest BCUT2D eigenvalue weighted by atomic mass is 32.2. The Balaban J connectivity index is 2.31. The van der Waals surface area contributed by atoms with Crippen LogP contribution in [0.4, 0.5) is 5.69 Å². The Morgan fingerprint density at radius 1 is 1.38 bits per heavy atom. The van der Waals surface area contributed by atoms with Crippen LogP contribution in [0.2, 0.25) is 0 Å². The molecule has 6 nitrogen and oxygen atoms in total. The van der Waals surface area contributed by atoms with E-state index in [-0.39, 0.29) is 10.8 Å². The molecule has 1 aliphatic carbocycles. The topological polar surface area (TPSA) is 92.5 Å². The average Bonchev–Trinajstić information content (AvgIpc) is 3.21. The molecule has 3 N–H and O–H groups in total. The van der Waals surface area contributed by atoms with E-state index in [1.54, 1.807) is 6.07 Å². The lowest BCUT2D eigenvalue weighted by atomic mass is 10.1. The molecule has 0 spiro atoms. The fourth-order valence-corrected chi connectivity index (χ4v) is 2.97. The first kappa shape index (κ1) is 15.9. The van der Waals surface area contributed by atoms with Gasteiger partial charge >= 0.3 is 0 Å². The number of rotatable bonds is 5. The molecule has 0 bridgehead atoms. The van der Waals surface area contributed by atoms with Gasteiger partial charge in [-0.05, 0) is 37.5 Å². The Labute approximate surface area is 125 Å². The number of amides is 1. The molecule has 0 aromatic heterocycles. The summed E-state index contributed by atoms with van der Waals surface area (Å²) in [4.78, 5) is 12.4. The van der Waals surface area contributed by atoms with Crippen LogP contribution >= 0.6 is 0 Å². The molecule has 1 aliphatic rings. The maximum Gasteiger partial charge on any atom is 0.242 e. The molecule has 0 aliphatic heterocycles. The van der Waals surface area contributed by atoms with Gasteiger partial charge < -0.3 is 11.1 Å². The second-order valence-electron chi connectivity index (χ2n) is 5.70. The molecule has 1 amide bonds. The van der Waals surface area contributed by atoms with Gasteiger partial charge in [-0.2, -0.15) is 0 Å². The molecule has 7 heteroatoms. The Morgan fingerprint density at radius 2 is 2.00 bits per heavy atom. The van der Waals surface area contributed by atoms with E-state index in [4.69, 9.17) is 5.73 Å². The third-order valence-corrected chi connectivity index (χ3v) is 5.77. The molecule has 1 saturated carbocycles. The highest BCUT2D eigenvalue weighted by Gasteiger charge is 2.48. The smallest absolute Gasteiger partial charge is 0.242 e. The zero-order chi connectivity index (χ0) is 15.8. The van der Waals surface area contributed by atoms with Gasteiger partial charge in [-0.15, -0.1) is 0 Å². The number of carbonyl (C=O) groups excluding carboxylic acids is 1. The first-order valence-corrected chi connectivity index (χ1v) is 8.22. The molecule has 21 heavy (non-hydrogen) atoms. The first-order chi connectivity index (χ1) is 9.73. The summed E-state index contributed by atoms with van der Waals surface area (Å²) in [5.41, 5.74) is 6.50. The van der Waals surface area contributed by atoms with E-state index < -0.39 is 15.4 Å². The maximum absolute atomic E-state index is 12.2. The summed E-state index contributed by atoms with van der Waals surface area (Å²) in [6, 6.07) is 4.72. The SMILES string of the molecule is Cc1ccc(S(=O)(=O)N(C)C)cc1NC(=O)C1(CN)CC1. The van der Waals surface area contributed by atoms with Crippen LogP contribution in [0.15, 0.2) is 23.1 Å². The fourth-order valence-electron chi connectivity index (χ4n) is 2.04. The number of nitrogens with zero attached hydrogens (tertiary/aromatic N) is 1. The van der Waals surface area contributed by atoms with Crippen LogP contribution in [-0.4, -0.2) is 39.3 Å². The minimum absolute atomic E-state index is 0.132. The third-order valence-electron chi connectivity index (χ3n) is 3.96. The molecule has 1 aromatic carbocycles. The molecular weight excluding hydrogens is 290 g/mol. The zero-order valence-electron chi connectivity index (χ0n) is 12.5. The number of sulfonamides is 1. The lowest BCUT2D eigenvalue weighted by molar-refractivity contribution is -0.120. The van der Waals surface area contributed by atoms with Crippen molar-refractivity contribution in [1.82, 2.24) is 4.31 Å². The van der Waals surface area contributed by atoms with Gasteiger partial charge in [0, 0.05) is 26.3 Å². The van der Waals surface area contributed by atoms with Gasteiger partial charge in [0.1, 0.15) is 0 Å². The van der Waals surface area contributed by atoms with Crippen LogP contribution < -0.4 is 11.1 Å². The van der Waals surface area contributed by atoms with Crippen molar-refractivity contribution in [3.8, 4) is 0 Å². The first-order valence-electron chi connectivity index (χ1n) is 6.78. The summed E-state index contributed by atoms with van der Waals surface area (Å²) in [5.74, 6) is -0.132. The Hall–Kier alpha value is -1.44. The molecule has 0 saturated heterocycles. The number of hydrogen-bond donors (Lipinski definition) is 2. The van der Waals surface area contributed by atoms with Crippen molar-refractivity contribution in [3.63, 3.8) is 0 Å². The molecular formula is C14H21N3O3S. The van der Waals surface area contributed by atoms with Crippen molar-refractivity contribution in [3.05, 3.63) is 23.8 Å². The predicted molar refractivity (Wildman–Crippen MR) is 81.4 cm³/mol. The maximum atomic E-state index is 12.2. The summed E-state index contributed by atoms with van der Waals surface area (Å²) in [6.07, 6.45) is 1.56. The van der Waals surface area contributed by atoms with Gasteiger partial charge in [-0.3, -0.25) is 4.79 Å². The number of anilines is 1. The monoisotopic (exact) mass is 311 g/mol. The van der Waals surface area contributed by atoms with Crippen molar-refractivity contribution in [2.75, 3.05) is 26.0 Å². The average molecular weight is 311 g/mol. The Bertz CT molecular complexity index is 664. The Morgan fingerprint density at radius 3 is 2.48 bits per heavy atom. The third kappa shape index (κ3) is 2.95. The van der Waals surface area contributed by atoms with Crippen molar-refractivity contribution in [2.24, 2.45) is 11.1 Å². The molecule has 0 radical (unpaired) electrons. The largest absolute Gasteiger partial charge is 0.329 e. The molecule has 116 valence electrons. The fraction of sp³-hybridized carbons (Fsp3) is 0.500. The van der Waals surface area contributed by atoms with Gasteiger partial charge in [-0.25, -0.2) is 12.7 Å². The van der Waals surface area contributed by atoms with Crippen LogP contribution in [-0.2, 0) is 14.8 Å². The molecule has 1 aromatic rings. The van der Waals surface area contributed by atoms with Gasteiger partial charge in [0.05, 0.1) is 10.3 Å². The van der Waals surface area contributed by atoms with Gasteiger partial charge in [0.25, 0.3) is 0 Å². The van der Waals surface area contributed by atoms with Crippen LogP contribution in [0.3, 0.4) is 0 Å². The normalized spacial score (nSPS) is 16.8. The predicted octanol–water partition coefficient (Wildman–Crippen LogP) is 0.923. The van der Waals surface area contributed by atoms with E-state index in [0.29, 0.717) is 12.2 Å². The number of carbonyl (C=O) groups is 1. The lowest BCUT2D eigenvalue weighted by Crippen LogP contribution is -2.31. The number of nitrogens with two attached hydrogens (primary N) is 1. The molecule has 1 fully saturated rings. The van der Waals surface area contributed by atoms with E-state index in [1.165, 1.54) is 26.2 Å². The van der Waals surface area contributed by atoms with Crippen molar-refractivity contribution >= 4 is 21.6 Å². The second kappa shape index (κ2) is 5.40. The molecule has 0 heterocycles. The summed E-state index contributed by atoms with van der Waals surface area (Å²) in [5, 5.41) is 2.81. The molecule has 2 rings (SSSR count). The van der Waals surface area contributed by atoms with E-state index in [0.717, 1.165) is 22.7 Å². The van der Waals surface area contributed by atoms with Crippen molar-refractivity contribution < 1.29 is 13.2 Å².